The molecule has 0 unspecified atom stereocenters. The van der Waals surface area contributed by atoms with Crippen molar-refractivity contribution in [3.05, 3.63) is 42.1 Å². The van der Waals surface area contributed by atoms with Gasteiger partial charge in [0.05, 0.1) is 5.69 Å². The zero-order valence-electron chi connectivity index (χ0n) is 12.8. The summed E-state index contributed by atoms with van der Waals surface area (Å²) < 4.78 is 4.96. The summed E-state index contributed by atoms with van der Waals surface area (Å²) in [6.07, 6.45) is 0. The molecular formula is C16H19N3O3. The van der Waals surface area contributed by atoms with E-state index >= 15 is 0 Å². The van der Waals surface area contributed by atoms with Gasteiger partial charge < -0.3 is 10.1 Å². The lowest BCUT2D eigenvalue weighted by Gasteiger charge is -2.20. The minimum atomic E-state index is -0.612. The van der Waals surface area contributed by atoms with Gasteiger partial charge in [0.25, 0.3) is 5.91 Å². The van der Waals surface area contributed by atoms with E-state index in [0.29, 0.717) is 5.69 Å². The third-order valence-corrected chi connectivity index (χ3v) is 2.72. The molecular weight excluding hydrogens is 282 g/mol. The van der Waals surface area contributed by atoms with Gasteiger partial charge in [-0.1, -0.05) is 30.3 Å². The second-order valence-corrected chi connectivity index (χ2v) is 5.91. The van der Waals surface area contributed by atoms with Crippen molar-refractivity contribution < 1.29 is 14.3 Å². The molecule has 0 saturated carbocycles. The molecule has 2 rings (SSSR count). The highest BCUT2D eigenvalue weighted by atomic mass is 16.5. The summed E-state index contributed by atoms with van der Waals surface area (Å²) in [5.41, 5.74) is 1.38. The Morgan fingerprint density at radius 2 is 1.91 bits per heavy atom. The fraction of sp³-hybridized carbons (Fsp3) is 0.312. The van der Waals surface area contributed by atoms with Gasteiger partial charge in [0.1, 0.15) is 5.69 Å². The monoisotopic (exact) mass is 301 g/mol. The molecule has 0 spiro atoms. The van der Waals surface area contributed by atoms with E-state index in [1.54, 1.807) is 6.07 Å². The van der Waals surface area contributed by atoms with Crippen LogP contribution in [0.15, 0.2) is 36.4 Å². The van der Waals surface area contributed by atoms with Crippen molar-refractivity contribution in [1.29, 1.82) is 0 Å². The molecule has 1 amide bonds. The van der Waals surface area contributed by atoms with E-state index < -0.39 is 5.97 Å². The van der Waals surface area contributed by atoms with Crippen LogP contribution in [0.5, 0.6) is 0 Å². The number of hydrogen-bond donors (Lipinski definition) is 2. The highest BCUT2D eigenvalue weighted by molar-refractivity contribution is 5.90. The Morgan fingerprint density at radius 3 is 2.55 bits per heavy atom. The molecule has 1 heterocycles. The molecule has 1 aromatic carbocycles. The molecule has 2 aromatic rings. The molecule has 0 aliphatic carbocycles. The topological polar surface area (TPSA) is 84.1 Å². The normalized spacial score (nSPS) is 11.0. The number of carbonyl (C=O) groups excluding carboxylic acids is 2. The van der Waals surface area contributed by atoms with E-state index in [4.69, 9.17) is 4.74 Å². The number of H-pyrrole nitrogens is 1. The van der Waals surface area contributed by atoms with E-state index in [9.17, 15) is 9.59 Å². The maximum atomic E-state index is 11.9. The Labute approximate surface area is 128 Å². The number of benzene rings is 1. The van der Waals surface area contributed by atoms with Crippen LogP contribution in [0.25, 0.3) is 11.3 Å². The van der Waals surface area contributed by atoms with Crippen LogP contribution in [0.2, 0.25) is 0 Å². The Kier molecular flexibility index (Phi) is 4.60. The minimum absolute atomic E-state index is 0.211. The van der Waals surface area contributed by atoms with Crippen molar-refractivity contribution in [3.63, 3.8) is 0 Å². The first kappa shape index (κ1) is 15.8. The van der Waals surface area contributed by atoms with Gasteiger partial charge in [0.2, 0.25) is 0 Å². The molecule has 0 fully saturated rings. The Morgan fingerprint density at radius 1 is 1.23 bits per heavy atom. The molecule has 0 bridgehead atoms. The predicted octanol–water partition coefficient (Wildman–Crippen LogP) is 2.15. The number of aromatic nitrogens is 2. The zero-order chi connectivity index (χ0) is 16.2. The van der Waals surface area contributed by atoms with Crippen molar-refractivity contribution >= 4 is 11.9 Å². The first-order valence-corrected chi connectivity index (χ1v) is 6.94. The number of amides is 1. The largest absolute Gasteiger partial charge is 0.451 e. The number of nitrogens with one attached hydrogen (secondary N) is 2. The highest BCUT2D eigenvalue weighted by Gasteiger charge is 2.17. The fourth-order valence-corrected chi connectivity index (χ4v) is 1.85. The summed E-state index contributed by atoms with van der Waals surface area (Å²) in [4.78, 5) is 23.5. The molecule has 6 nitrogen and oxygen atoms in total. The lowest BCUT2D eigenvalue weighted by atomic mass is 10.1. The number of hydrogen-bond acceptors (Lipinski definition) is 4. The van der Waals surface area contributed by atoms with Crippen LogP contribution in [-0.2, 0) is 9.53 Å². The van der Waals surface area contributed by atoms with E-state index in [0.717, 1.165) is 5.56 Å². The van der Waals surface area contributed by atoms with Crippen LogP contribution >= 0.6 is 0 Å². The van der Waals surface area contributed by atoms with Gasteiger partial charge in [-0.3, -0.25) is 9.89 Å². The van der Waals surface area contributed by atoms with Crippen LogP contribution in [0, 0.1) is 0 Å². The van der Waals surface area contributed by atoms with Crippen molar-refractivity contribution in [3.8, 4) is 11.3 Å². The van der Waals surface area contributed by atoms with E-state index in [-0.39, 0.29) is 23.7 Å². The van der Waals surface area contributed by atoms with Gasteiger partial charge in [-0.05, 0) is 26.8 Å². The molecule has 0 aliphatic heterocycles. The summed E-state index contributed by atoms with van der Waals surface area (Å²) in [6.45, 7) is 5.24. The maximum Gasteiger partial charge on any atom is 0.356 e. The van der Waals surface area contributed by atoms with E-state index in [2.05, 4.69) is 15.5 Å². The summed E-state index contributed by atoms with van der Waals surface area (Å²) in [6, 6.07) is 11.1. The predicted molar refractivity (Wildman–Crippen MR) is 82.2 cm³/mol. The Balaban J connectivity index is 1.94. The first-order valence-electron chi connectivity index (χ1n) is 6.94. The van der Waals surface area contributed by atoms with Gasteiger partial charge >= 0.3 is 5.97 Å². The van der Waals surface area contributed by atoms with Crippen LogP contribution in [0.3, 0.4) is 0 Å². The molecule has 116 valence electrons. The first-order chi connectivity index (χ1) is 10.3. The van der Waals surface area contributed by atoms with Gasteiger partial charge in [0.15, 0.2) is 6.61 Å². The van der Waals surface area contributed by atoms with Crippen molar-refractivity contribution in [1.82, 2.24) is 15.5 Å². The van der Waals surface area contributed by atoms with E-state index in [1.807, 2.05) is 51.1 Å². The Hall–Kier alpha value is -2.63. The zero-order valence-corrected chi connectivity index (χ0v) is 12.8. The van der Waals surface area contributed by atoms with Gasteiger partial charge in [0, 0.05) is 11.1 Å². The van der Waals surface area contributed by atoms with Gasteiger partial charge in [-0.2, -0.15) is 5.10 Å². The van der Waals surface area contributed by atoms with Crippen LogP contribution < -0.4 is 5.32 Å². The summed E-state index contributed by atoms with van der Waals surface area (Å²) in [7, 11) is 0. The Bertz CT molecular complexity index is 657. The number of carbonyl (C=O) groups is 2. The van der Waals surface area contributed by atoms with Crippen LogP contribution in [0.1, 0.15) is 31.3 Å². The SMILES string of the molecule is CC(C)(C)NC(=O)COC(=O)c1cc(-c2ccccc2)n[nH]1. The van der Waals surface area contributed by atoms with Crippen molar-refractivity contribution in [2.75, 3.05) is 6.61 Å². The third kappa shape index (κ3) is 4.44. The molecule has 1 aromatic heterocycles. The molecule has 0 aliphatic rings. The second-order valence-electron chi connectivity index (χ2n) is 5.91. The average Bonchev–Trinajstić information content (AvgIpc) is 2.94. The maximum absolute atomic E-state index is 11.9. The number of aromatic amines is 1. The molecule has 2 N–H and O–H groups in total. The molecule has 0 atom stereocenters. The molecule has 0 saturated heterocycles. The quantitative estimate of drug-likeness (QED) is 0.847. The summed E-state index contributed by atoms with van der Waals surface area (Å²) in [5.74, 6) is -0.956. The van der Waals surface area contributed by atoms with Gasteiger partial charge in [-0.25, -0.2) is 4.79 Å². The summed E-state index contributed by atoms with van der Waals surface area (Å²) in [5, 5.41) is 9.40. The lowest BCUT2D eigenvalue weighted by molar-refractivity contribution is -0.125. The van der Waals surface area contributed by atoms with E-state index in [1.165, 1.54) is 0 Å². The number of nitrogens with zero attached hydrogens (tertiary/aromatic N) is 1. The lowest BCUT2D eigenvalue weighted by Crippen LogP contribution is -2.42. The standard InChI is InChI=1S/C16H19N3O3/c1-16(2,3)17-14(20)10-22-15(21)13-9-12(18-19-13)11-7-5-4-6-8-11/h4-9H,10H2,1-3H3,(H,17,20)(H,18,19). The molecule has 6 heteroatoms. The molecule has 0 radical (unpaired) electrons. The number of ether oxygens (including phenoxy) is 1. The van der Waals surface area contributed by atoms with Crippen LogP contribution in [-0.4, -0.2) is 34.2 Å². The number of esters is 1. The van der Waals surface area contributed by atoms with Crippen molar-refractivity contribution in [2.24, 2.45) is 0 Å². The summed E-state index contributed by atoms with van der Waals surface area (Å²) >= 11 is 0. The smallest absolute Gasteiger partial charge is 0.356 e. The third-order valence-electron chi connectivity index (χ3n) is 2.72. The van der Waals surface area contributed by atoms with Crippen molar-refractivity contribution in [2.45, 2.75) is 26.3 Å². The average molecular weight is 301 g/mol. The second kappa shape index (κ2) is 6.43. The fourth-order valence-electron chi connectivity index (χ4n) is 1.85. The minimum Gasteiger partial charge on any atom is -0.451 e. The molecule has 22 heavy (non-hydrogen) atoms. The van der Waals surface area contributed by atoms with Gasteiger partial charge in [-0.15, -0.1) is 0 Å². The van der Waals surface area contributed by atoms with Crippen LogP contribution in [0.4, 0.5) is 0 Å². The number of rotatable bonds is 4. The highest BCUT2D eigenvalue weighted by Crippen LogP contribution is 2.17.